The van der Waals surface area contributed by atoms with E-state index in [1.807, 2.05) is 13.0 Å². The van der Waals surface area contributed by atoms with Crippen LogP contribution in [0.3, 0.4) is 0 Å². The van der Waals surface area contributed by atoms with Gasteiger partial charge in [0.1, 0.15) is 5.82 Å². The van der Waals surface area contributed by atoms with E-state index in [0.717, 1.165) is 16.8 Å². The van der Waals surface area contributed by atoms with Crippen LogP contribution in [0.15, 0.2) is 24.4 Å². The Morgan fingerprint density at radius 2 is 2.06 bits per heavy atom. The summed E-state index contributed by atoms with van der Waals surface area (Å²) in [6.45, 7) is 2.69. The molecule has 0 fully saturated rings. The Bertz CT molecular complexity index is 537. The van der Waals surface area contributed by atoms with Crippen molar-refractivity contribution in [2.24, 2.45) is 5.73 Å². The van der Waals surface area contributed by atoms with Crippen LogP contribution in [0.5, 0.6) is 0 Å². The number of aromatic nitrogens is 2. The molecular weight excluding hydrogens is 241 g/mol. The third-order valence-electron chi connectivity index (χ3n) is 2.63. The summed E-state index contributed by atoms with van der Waals surface area (Å²) < 4.78 is 15.0. The molecule has 1 heterocycles. The normalized spacial score (nSPS) is 10.8. The largest absolute Gasteiger partial charge is 0.326 e. The van der Waals surface area contributed by atoms with Crippen LogP contribution >= 0.6 is 11.6 Å². The average molecular weight is 254 g/mol. The zero-order chi connectivity index (χ0) is 12.4. The molecule has 2 rings (SSSR count). The summed E-state index contributed by atoms with van der Waals surface area (Å²) in [5, 5.41) is 4.74. The Morgan fingerprint density at radius 1 is 1.35 bits per heavy atom. The topological polar surface area (TPSA) is 43.8 Å². The first-order valence-electron chi connectivity index (χ1n) is 5.26. The molecule has 0 radical (unpaired) electrons. The second kappa shape index (κ2) is 4.85. The minimum absolute atomic E-state index is 0.279. The van der Waals surface area contributed by atoms with Crippen LogP contribution in [0.2, 0.25) is 5.02 Å². The number of rotatable bonds is 3. The summed E-state index contributed by atoms with van der Waals surface area (Å²) in [6, 6.07) is 4.79. The van der Waals surface area contributed by atoms with Crippen LogP contribution in [-0.4, -0.2) is 9.78 Å². The van der Waals surface area contributed by atoms with E-state index in [1.54, 1.807) is 10.9 Å². The van der Waals surface area contributed by atoms with Gasteiger partial charge in [0.05, 0.1) is 23.5 Å². The molecule has 2 N–H and O–H groups in total. The Morgan fingerprint density at radius 3 is 2.65 bits per heavy atom. The van der Waals surface area contributed by atoms with Crippen molar-refractivity contribution in [3.05, 3.63) is 52.1 Å². The molecule has 0 saturated heterocycles. The number of nitrogens with zero attached hydrogens (tertiary/aromatic N) is 2. The quantitative estimate of drug-likeness (QED) is 0.913. The third-order valence-corrected chi connectivity index (χ3v) is 3.00. The van der Waals surface area contributed by atoms with Crippen LogP contribution in [0, 0.1) is 12.7 Å². The molecule has 0 atom stereocenters. The predicted molar refractivity (Wildman–Crippen MR) is 65.4 cm³/mol. The van der Waals surface area contributed by atoms with Gasteiger partial charge >= 0.3 is 0 Å². The van der Waals surface area contributed by atoms with Gasteiger partial charge in [-0.15, -0.1) is 0 Å². The first-order chi connectivity index (χ1) is 8.10. The molecule has 1 aromatic heterocycles. The lowest BCUT2D eigenvalue weighted by atomic mass is 10.1. The van der Waals surface area contributed by atoms with Gasteiger partial charge in [-0.1, -0.05) is 17.7 Å². The van der Waals surface area contributed by atoms with Crippen molar-refractivity contribution in [3.63, 3.8) is 0 Å². The standard InChI is InChI=1S/C12H13ClFN3/c1-8-12(13)6-16-17(8)7-10-2-9(5-15)3-11(14)4-10/h2-4,6H,5,7,15H2,1H3. The van der Waals surface area contributed by atoms with Gasteiger partial charge in [-0.2, -0.15) is 5.10 Å². The number of hydrogen-bond donors (Lipinski definition) is 1. The molecule has 0 bridgehead atoms. The van der Waals surface area contributed by atoms with E-state index >= 15 is 0 Å². The van der Waals surface area contributed by atoms with Crippen LogP contribution in [-0.2, 0) is 13.1 Å². The van der Waals surface area contributed by atoms with E-state index < -0.39 is 0 Å². The van der Waals surface area contributed by atoms with Gasteiger partial charge in [0, 0.05) is 6.54 Å². The van der Waals surface area contributed by atoms with Crippen molar-refractivity contribution in [1.82, 2.24) is 9.78 Å². The van der Waals surface area contributed by atoms with Gasteiger partial charge in [0.25, 0.3) is 0 Å². The van der Waals surface area contributed by atoms with Crippen molar-refractivity contribution in [1.29, 1.82) is 0 Å². The fourth-order valence-electron chi connectivity index (χ4n) is 1.68. The maximum Gasteiger partial charge on any atom is 0.123 e. The van der Waals surface area contributed by atoms with Crippen LogP contribution in [0.1, 0.15) is 16.8 Å². The van der Waals surface area contributed by atoms with Crippen molar-refractivity contribution in [2.45, 2.75) is 20.0 Å². The summed E-state index contributed by atoms with van der Waals surface area (Å²) in [6.07, 6.45) is 1.58. The number of nitrogens with two attached hydrogens (primary N) is 1. The molecule has 5 heteroatoms. The third kappa shape index (κ3) is 2.65. The highest BCUT2D eigenvalue weighted by molar-refractivity contribution is 6.31. The lowest BCUT2D eigenvalue weighted by Crippen LogP contribution is -2.05. The minimum Gasteiger partial charge on any atom is -0.326 e. The summed E-state index contributed by atoms with van der Waals surface area (Å²) in [7, 11) is 0. The zero-order valence-electron chi connectivity index (χ0n) is 9.45. The molecule has 0 spiro atoms. The molecule has 1 aromatic carbocycles. The van der Waals surface area contributed by atoms with E-state index in [1.165, 1.54) is 12.1 Å². The maximum absolute atomic E-state index is 13.3. The molecule has 0 saturated carbocycles. The van der Waals surface area contributed by atoms with Crippen molar-refractivity contribution >= 4 is 11.6 Å². The number of hydrogen-bond acceptors (Lipinski definition) is 2. The van der Waals surface area contributed by atoms with Gasteiger partial charge in [0.15, 0.2) is 0 Å². The fourth-order valence-corrected chi connectivity index (χ4v) is 1.82. The van der Waals surface area contributed by atoms with Gasteiger partial charge < -0.3 is 5.73 Å². The molecule has 0 aliphatic rings. The van der Waals surface area contributed by atoms with Crippen molar-refractivity contribution in [3.8, 4) is 0 Å². The summed E-state index contributed by atoms with van der Waals surface area (Å²) in [5.41, 5.74) is 7.97. The second-order valence-corrected chi connectivity index (χ2v) is 4.31. The zero-order valence-corrected chi connectivity index (χ0v) is 10.2. The first-order valence-corrected chi connectivity index (χ1v) is 5.64. The SMILES string of the molecule is Cc1c(Cl)cnn1Cc1cc(F)cc(CN)c1. The monoisotopic (exact) mass is 253 g/mol. The van der Waals surface area contributed by atoms with E-state index in [9.17, 15) is 4.39 Å². The van der Waals surface area contributed by atoms with Crippen molar-refractivity contribution < 1.29 is 4.39 Å². The van der Waals surface area contributed by atoms with Crippen LogP contribution in [0.4, 0.5) is 4.39 Å². The summed E-state index contributed by atoms with van der Waals surface area (Å²) in [5.74, 6) is -0.279. The Balaban J connectivity index is 2.29. The molecule has 0 amide bonds. The Kier molecular flexibility index (Phi) is 3.45. The molecular formula is C12H13ClFN3. The van der Waals surface area contributed by atoms with Gasteiger partial charge in [-0.05, 0) is 30.2 Å². The Hall–Kier alpha value is -1.39. The highest BCUT2D eigenvalue weighted by Crippen LogP contribution is 2.16. The molecule has 90 valence electrons. The van der Waals surface area contributed by atoms with Crippen molar-refractivity contribution in [2.75, 3.05) is 0 Å². The minimum atomic E-state index is -0.279. The second-order valence-electron chi connectivity index (χ2n) is 3.91. The van der Waals surface area contributed by atoms with E-state index in [0.29, 0.717) is 18.1 Å². The number of benzene rings is 1. The van der Waals surface area contributed by atoms with Gasteiger partial charge in [0.2, 0.25) is 0 Å². The molecule has 17 heavy (non-hydrogen) atoms. The predicted octanol–water partition coefficient (Wildman–Crippen LogP) is 2.49. The maximum atomic E-state index is 13.3. The smallest absolute Gasteiger partial charge is 0.123 e. The van der Waals surface area contributed by atoms with E-state index in [-0.39, 0.29) is 5.82 Å². The van der Waals surface area contributed by atoms with Crippen LogP contribution < -0.4 is 5.73 Å². The molecule has 3 nitrogen and oxygen atoms in total. The fraction of sp³-hybridized carbons (Fsp3) is 0.250. The lowest BCUT2D eigenvalue weighted by Gasteiger charge is -2.07. The highest BCUT2D eigenvalue weighted by atomic mass is 35.5. The molecule has 0 unspecified atom stereocenters. The lowest BCUT2D eigenvalue weighted by molar-refractivity contribution is 0.614. The van der Waals surface area contributed by atoms with Gasteiger partial charge in [-0.3, -0.25) is 4.68 Å². The molecule has 2 aromatic rings. The van der Waals surface area contributed by atoms with Crippen LogP contribution in [0.25, 0.3) is 0 Å². The van der Waals surface area contributed by atoms with Gasteiger partial charge in [-0.25, -0.2) is 4.39 Å². The molecule has 0 aliphatic heterocycles. The van der Waals surface area contributed by atoms with E-state index in [4.69, 9.17) is 17.3 Å². The average Bonchev–Trinajstić information content (AvgIpc) is 2.60. The highest BCUT2D eigenvalue weighted by Gasteiger charge is 2.06. The molecule has 0 aliphatic carbocycles. The summed E-state index contributed by atoms with van der Waals surface area (Å²) in [4.78, 5) is 0. The first kappa shape index (κ1) is 12.1. The van der Waals surface area contributed by atoms with E-state index in [2.05, 4.69) is 5.10 Å². The summed E-state index contributed by atoms with van der Waals surface area (Å²) >= 11 is 5.91. The number of halogens is 2. The Labute approximate surface area is 104 Å².